The molecule has 2 atom stereocenters. The van der Waals surface area contributed by atoms with E-state index in [0.717, 1.165) is 50.5 Å². The maximum Gasteiger partial charge on any atom is 0.125 e. The number of hydrogen-bond acceptors (Lipinski definition) is 4. The Hall–Kier alpha value is -2.04. The van der Waals surface area contributed by atoms with Crippen molar-refractivity contribution in [1.29, 1.82) is 0 Å². The van der Waals surface area contributed by atoms with Crippen molar-refractivity contribution < 1.29 is 9.47 Å². The Bertz CT molecular complexity index is 887. The van der Waals surface area contributed by atoms with E-state index in [4.69, 9.17) is 9.47 Å². The fourth-order valence-corrected chi connectivity index (χ4v) is 5.48. The number of nitrogens with zero attached hydrogens (tertiary/aromatic N) is 2. The molecule has 4 nitrogen and oxygen atoms in total. The fourth-order valence-electron chi connectivity index (χ4n) is 5.48. The molecule has 2 heterocycles. The Morgan fingerprint density at radius 2 is 1.00 bits per heavy atom. The van der Waals surface area contributed by atoms with Crippen molar-refractivity contribution in [2.75, 3.05) is 40.3 Å². The molecular formula is C29H42N2O2. The van der Waals surface area contributed by atoms with Gasteiger partial charge in [0, 0.05) is 31.6 Å². The molecule has 0 aliphatic carbocycles. The molecule has 180 valence electrons. The van der Waals surface area contributed by atoms with Gasteiger partial charge in [0.2, 0.25) is 0 Å². The van der Waals surface area contributed by atoms with E-state index in [1.807, 2.05) is 0 Å². The van der Waals surface area contributed by atoms with Crippen LogP contribution in [0.15, 0.2) is 24.3 Å². The molecule has 0 bridgehead atoms. The third-order valence-electron chi connectivity index (χ3n) is 7.63. The summed E-state index contributed by atoms with van der Waals surface area (Å²) in [6.45, 7) is 17.7. The first-order valence-corrected chi connectivity index (χ1v) is 12.5. The monoisotopic (exact) mass is 450 g/mol. The summed E-state index contributed by atoms with van der Waals surface area (Å²) in [5.74, 6) is 2.12. The van der Waals surface area contributed by atoms with Crippen LogP contribution in [0.3, 0.4) is 0 Å². The third kappa shape index (κ3) is 5.07. The predicted octanol–water partition coefficient (Wildman–Crippen LogP) is 5.41. The average Bonchev–Trinajstić information content (AvgIpc) is 3.34. The summed E-state index contributed by atoms with van der Waals surface area (Å²) in [5, 5.41) is 0. The lowest BCUT2D eigenvalue weighted by atomic mass is 9.76. The van der Waals surface area contributed by atoms with Gasteiger partial charge in [-0.3, -0.25) is 0 Å². The van der Waals surface area contributed by atoms with E-state index in [0.29, 0.717) is 12.2 Å². The molecule has 2 aromatic carbocycles. The van der Waals surface area contributed by atoms with Crippen LogP contribution in [0.5, 0.6) is 11.5 Å². The van der Waals surface area contributed by atoms with E-state index in [1.165, 1.54) is 33.4 Å². The minimum atomic E-state index is -0.108. The summed E-state index contributed by atoms with van der Waals surface area (Å²) in [6, 6.07) is 9.30. The van der Waals surface area contributed by atoms with Crippen molar-refractivity contribution in [3.05, 3.63) is 57.6 Å². The zero-order valence-electron chi connectivity index (χ0n) is 21.9. The van der Waals surface area contributed by atoms with E-state index >= 15 is 0 Å². The number of likely N-dealkylation sites (N-methyl/N-ethyl adjacent to an activating group) is 2. The molecule has 0 saturated carbocycles. The second-order valence-corrected chi connectivity index (χ2v) is 11.1. The molecule has 0 N–H and O–H groups in total. The summed E-state index contributed by atoms with van der Waals surface area (Å²) in [4.78, 5) is 4.69. The summed E-state index contributed by atoms with van der Waals surface area (Å²) in [6.07, 6.45) is 2.80. The Labute approximate surface area is 200 Å². The van der Waals surface area contributed by atoms with Gasteiger partial charge in [0.15, 0.2) is 0 Å². The maximum atomic E-state index is 6.44. The van der Waals surface area contributed by atoms with Gasteiger partial charge in [-0.1, -0.05) is 38.1 Å². The van der Waals surface area contributed by atoms with Gasteiger partial charge in [-0.2, -0.15) is 0 Å². The van der Waals surface area contributed by atoms with Crippen LogP contribution < -0.4 is 9.47 Å². The second kappa shape index (κ2) is 9.31. The Kier molecular flexibility index (Phi) is 6.80. The zero-order chi connectivity index (χ0) is 23.9. The normalized spacial score (nSPS) is 22.2. The van der Waals surface area contributed by atoms with Gasteiger partial charge in [0.05, 0.1) is 0 Å². The number of benzene rings is 2. The van der Waals surface area contributed by atoms with Gasteiger partial charge in [0.1, 0.15) is 23.7 Å². The summed E-state index contributed by atoms with van der Waals surface area (Å²) in [5.41, 5.74) is 7.47. The highest BCUT2D eigenvalue weighted by molar-refractivity contribution is 5.52. The first-order chi connectivity index (χ1) is 15.5. The van der Waals surface area contributed by atoms with Gasteiger partial charge < -0.3 is 19.3 Å². The largest absolute Gasteiger partial charge is 0.488 e. The number of likely N-dealkylation sites (tertiary alicyclic amines) is 2. The SMILES string of the molecule is Cc1cc(C(C)(C)c2cc(C)c(OC3CCN(C)C3)c(C)c2)cc(C)c1OC1CCN(C)C1. The Morgan fingerprint density at radius 1 is 0.667 bits per heavy atom. The van der Waals surface area contributed by atoms with Crippen LogP contribution in [-0.4, -0.2) is 62.3 Å². The fraction of sp³-hybridized carbons (Fsp3) is 0.586. The predicted molar refractivity (Wildman–Crippen MR) is 137 cm³/mol. The quantitative estimate of drug-likeness (QED) is 0.587. The summed E-state index contributed by atoms with van der Waals surface area (Å²) >= 11 is 0. The highest BCUT2D eigenvalue weighted by Gasteiger charge is 2.28. The highest BCUT2D eigenvalue weighted by Crippen LogP contribution is 2.39. The standard InChI is InChI=1S/C29H42N2O2/c1-19-13-23(14-20(2)27(19)32-25-9-11-30(7)17-25)29(5,6)24-15-21(3)28(22(4)16-24)33-26-10-12-31(8)18-26/h13-16,25-26H,9-12,17-18H2,1-8H3. The van der Waals surface area contributed by atoms with Crippen molar-refractivity contribution >= 4 is 0 Å². The number of hydrogen-bond donors (Lipinski definition) is 0. The van der Waals surface area contributed by atoms with E-state index in [-0.39, 0.29) is 5.41 Å². The van der Waals surface area contributed by atoms with Crippen molar-refractivity contribution in [3.63, 3.8) is 0 Å². The van der Waals surface area contributed by atoms with E-state index in [2.05, 4.69) is 89.7 Å². The van der Waals surface area contributed by atoms with Gasteiger partial charge >= 0.3 is 0 Å². The number of rotatable bonds is 6. The number of ether oxygens (including phenoxy) is 2. The minimum absolute atomic E-state index is 0.108. The van der Waals surface area contributed by atoms with Crippen LogP contribution in [0.1, 0.15) is 60.1 Å². The molecule has 0 aromatic heterocycles. The highest BCUT2D eigenvalue weighted by atomic mass is 16.5. The number of aryl methyl sites for hydroxylation is 4. The van der Waals surface area contributed by atoms with Crippen LogP contribution in [0.4, 0.5) is 0 Å². The van der Waals surface area contributed by atoms with Crippen LogP contribution in [0, 0.1) is 27.7 Å². The maximum absolute atomic E-state index is 6.44. The van der Waals surface area contributed by atoms with Crippen molar-refractivity contribution in [3.8, 4) is 11.5 Å². The Balaban J connectivity index is 1.58. The molecule has 0 radical (unpaired) electrons. The van der Waals surface area contributed by atoms with Gasteiger partial charge in [0.25, 0.3) is 0 Å². The molecule has 2 unspecified atom stereocenters. The molecule has 2 aliphatic heterocycles. The van der Waals surface area contributed by atoms with Gasteiger partial charge in [-0.05, 0) is 88.0 Å². The lowest BCUT2D eigenvalue weighted by Crippen LogP contribution is -2.24. The average molecular weight is 451 g/mol. The second-order valence-electron chi connectivity index (χ2n) is 11.1. The molecule has 2 aromatic rings. The first-order valence-electron chi connectivity index (χ1n) is 12.5. The smallest absolute Gasteiger partial charge is 0.125 e. The van der Waals surface area contributed by atoms with Crippen molar-refractivity contribution in [2.45, 2.75) is 72.0 Å². The molecule has 4 heteroatoms. The molecule has 4 rings (SSSR count). The van der Waals surface area contributed by atoms with E-state index < -0.39 is 0 Å². The van der Waals surface area contributed by atoms with Crippen LogP contribution in [0.25, 0.3) is 0 Å². The van der Waals surface area contributed by atoms with Crippen molar-refractivity contribution in [1.82, 2.24) is 9.80 Å². The third-order valence-corrected chi connectivity index (χ3v) is 7.63. The molecule has 2 fully saturated rings. The summed E-state index contributed by atoms with van der Waals surface area (Å²) in [7, 11) is 4.34. The molecule has 2 aliphatic rings. The van der Waals surface area contributed by atoms with Gasteiger partial charge in [-0.25, -0.2) is 0 Å². The van der Waals surface area contributed by atoms with Gasteiger partial charge in [-0.15, -0.1) is 0 Å². The molecule has 0 spiro atoms. The molecular weight excluding hydrogens is 408 g/mol. The molecule has 0 amide bonds. The zero-order valence-corrected chi connectivity index (χ0v) is 21.9. The molecule has 33 heavy (non-hydrogen) atoms. The first kappa shape index (κ1) is 24.1. The van der Waals surface area contributed by atoms with Crippen LogP contribution in [0.2, 0.25) is 0 Å². The topological polar surface area (TPSA) is 24.9 Å². The lowest BCUT2D eigenvalue weighted by Gasteiger charge is -2.30. The molecule has 2 saturated heterocycles. The Morgan fingerprint density at radius 3 is 1.27 bits per heavy atom. The van der Waals surface area contributed by atoms with Crippen molar-refractivity contribution in [2.24, 2.45) is 0 Å². The summed E-state index contributed by atoms with van der Waals surface area (Å²) < 4.78 is 12.9. The van der Waals surface area contributed by atoms with E-state index in [9.17, 15) is 0 Å². The lowest BCUT2D eigenvalue weighted by molar-refractivity contribution is 0.205. The minimum Gasteiger partial charge on any atom is -0.488 e. The van der Waals surface area contributed by atoms with Crippen LogP contribution >= 0.6 is 0 Å². The van der Waals surface area contributed by atoms with E-state index in [1.54, 1.807) is 0 Å². The van der Waals surface area contributed by atoms with Crippen LogP contribution in [-0.2, 0) is 5.41 Å².